The molecule has 3 nitrogen and oxygen atoms in total. The Kier molecular flexibility index (Phi) is 5.17. The van der Waals surface area contributed by atoms with Crippen molar-refractivity contribution < 1.29 is 9.90 Å². The average molecular weight is 327 g/mol. The minimum Gasteiger partial charge on any atom is -0.507 e. The van der Waals surface area contributed by atoms with Crippen LogP contribution in [0.4, 0.5) is 0 Å². The SMILES string of the molecule is O=C(C=Cc1ccccn1)c1cc(C=Cc2ccccc2)ccc1O. The quantitative estimate of drug-likeness (QED) is 0.414. The van der Waals surface area contributed by atoms with Gasteiger partial charge in [-0.25, -0.2) is 0 Å². The third kappa shape index (κ3) is 4.52. The summed E-state index contributed by atoms with van der Waals surface area (Å²) >= 11 is 0. The van der Waals surface area contributed by atoms with E-state index in [0.717, 1.165) is 11.1 Å². The van der Waals surface area contributed by atoms with Gasteiger partial charge in [0.15, 0.2) is 5.78 Å². The van der Waals surface area contributed by atoms with E-state index in [1.807, 2.05) is 60.7 Å². The number of hydrogen-bond donors (Lipinski definition) is 1. The van der Waals surface area contributed by atoms with Crippen LogP contribution in [0.2, 0.25) is 0 Å². The maximum atomic E-state index is 12.4. The number of phenols is 1. The summed E-state index contributed by atoms with van der Waals surface area (Å²) in [5.74, 6) is -0.300. The lowest BCUT2D eigenvalue weighted by Gasteiger charge is -2.03. The molecule has 0 fully saturated rings. The summed E-state index contributed by atoms with van der Waals surface area (Å²) in [6.45, 7) is 0. The lowest BCUT2D eigenvalue weighted by Crippen LogP contribution is -1.95. The van der Waals surface area contributed by atoms with Gasteiger partial charge in [0, 0.05) is 6.20 Å². The lowest BCUT2D eigenvalue weighted by molar-refractivity contribution is 0.104. The summed E-state index contributed by atoms with van der Waals surface area (Å²) in [4.78, 5) is 16.5. The van der Waals surface area contributed by atoms with Gasteiger partial charge in [0.1, 0.15) is 5.75 Å². The van der Waals surface area contributed by atoms with E-state index in [9.17, 15) is 9.90 Å². The average Bonchev–Trinajstić information content (AvgIpc) is 2.67. The Hall–Kier alpha value is -3.46. The zero-order valence-corrected chi connectivity index (χ0v) is 13.5. The highest BCUT2D eigenvalue weighted by atomic mass is 16.3. The van der Waals surface area contributed by atoms with E-state index < -0.39 is 0 Å². The molecule has 0 saturated carbocycles. The van der Waals surface area contributed by atoms with Gasteiger partial charge < -0.3 is 5.11 Å². The van der Waals surface area contributed by atoms with Crippen molar-refractivity contribution in [1.29, 1.82) is 0 Å². The van der Waals surface area contributed by atoms with Crippen LogP contribution in [0, 0.1) is 0 Å². The van der Waals surface area contributed by atoms with Crippen LogP contribution in [0.1, 0.15) is 27.2 Å². The normalized spacial score (nSPS) is 11.2. The molecule has 25 heavy (non-hydrogen) atoms. The Labute approximate surface area is 146 Å². The lowest BCUT2D eigenvalue weighted by atomic mass is 10.0. The number of benzene rings is 2. The van der Waals surface area contributed by atoms with Crippen LogP contribution >= 0.6 is 0 Å². The van der Waals surface area contributed by atoms with Gasteiger partial charge in [-0.3, -0.25) is 9.78 Å². The number of carbonyl (C=O) groups excluding carboxylic acids is 1. The molecule has 0 atom stereocenters. The zero-order valence-electron chi connectivity index (χ0n) is 13.5. The number of nitrogens with zero attached hydrogens (tertiary/aromatic N) is 1. The fourth-order valence-corrected chi connectivity index (χ4v) is 2.34. The van der Waals surface area contributed by atoms with E-state index in [0.29, 0.717) is 5.69 Å². The number of hydrogen-bond acceptors (Lipinski definition) is 3. The molecule has 1 heterocycles. The third-order valence-electron chi connectivity index (χ3n) is 3.65. The first-order chi connectivity index (χ1) is 12.2. The van der Waals surface area contributed by atoms with Crippen molar-refractivity contribution in [2.45, 2.75) is 0 Å². The molecule has 0 amide bonds. The number of phenolic OH excluding ortho intramolecular Hbond substituents is 1. The highest BCUT2D eigenvalue weighted by Crippen LogP contribution is 2.21. The van der Waals surface area contributed by atoms with Gasteiger partial charge in [-0.2, -0.15) is 0 Å². The number of pyridine rings is 1. The van der Waals surface area contributed by atoms with Gasteiger partial charge in [-0.05, 0) is 47.5 Å². The van der Waals surface area contributed by atoms with Gasteiger partial charge in [-0.1, -0.05) is 54.6 Å². The molecule has 3 rings (SSSR count). The van der Waals surface area contributed by atoms with Gasteiger partial charge in [0.05, 0.1) is 11.3 Å². The van der Waals surface area contributed by atoms with Crippen LogP contribution in [0.25, 0.3) is 18.2 Å². The first-order valence-electron chi connectivity index (χ1n) is 7.92. The molecule has 3 aromatic rings. The molecule has 0 saturated heterocycles. The standard InChI is InChI=1S/C22H17NO2/c24-21-13-11-18(10-9-17-6-2-1-3-7-17)16-20(21)22(25)14-12-19-8-4-5-15-23-19/h1-16,24H. The molecule has 0 unspecified atom stereocenters. The topological polar surface area (TPSA) is 50.2 Å². The second-order valence-corrected chi connectivity index (χ2v) is 5.47. The molecular formula is C22H17NO2. The van der Waals surface area contributed by atoms with E-state index >= 15 is 0 Å². The van der Waals surface area contributed by atoms with Crippen molar-refractivity contribution in [3.63, 3.8) is 0 Å². The van der Waals surface area contributed by atoms with Gasteiger partial charge >= 0.3 is 0 Å². The molecule has 0 bridgehead atoms. The molecule has 0 aliphatic carbocycles. The maximum absolute atomic E-state index is 12.4. The van der Waals surface area contributed by atoms with Gasteiger partial charge in [0.25, 0.3) is 0 Å². The highest BCUT2D eigenvalue weighted by Gasteiger charge is 2.08. The smallest absolute Gasteiger partial charge is 0.189 e. The number of allylic oxidation sites excluding steroid dienone is 1. The van der Waals surface area contributed by atoms with Crippen LogP contribution in [-0.4, -0.2) is 15.9 Å². The molecular weight excluding hydrogens is 310 g/mol. The Balaban J connectivity index is 1.80. The Morgan fingerprint density at radius 2 is 1.60 bits per heavy atom. The number of aromatic nitrogens is 1. The van der Waals surface area contributed by atoms with E-state index in [-0.39, 0.29) is 17.1 Å². The number of ketones is 1. The summed E-state index contributed by atoms with van der Waals surface area (Å²) in [6, 6.07) is 20.3. The molecule has 0 aliphatic rings. The van der Waals surface area contributed by atoms with Crippen LogP contribution < -0.4 is 0 Å². The van der Waals surface area contributed by atoms with Crippen molar-refractivity contribution in [3.8, 4) is 5.75 Å². The monoisotopic (exact) mass is 327 g/mol. The van der Waals surface area contributed by atoms with Crippen LogP contribution in [0.5, 0.6) is 5.75 Å². The van der Waals surface area contributed by atoms with E-state index in [2.05, 4.69) is 4.98 Å². The maximum Gasteiger partial charge on any atom is 0.189 e. The van der Waals surface area contributed by atoms with Crippen molar-refractivity contribution >= 4 is 24.0 Å². The summed E-state index contributed by atoms with van der Waals surface area (Å²) in [5.41, 5.74) is 2.87. The molecule has 0 radical (unpaired) electrons. The Morgan fingerprint density at radius 3 is 2.36 bits per heavy atom. The van der Waals surface area contributed by atoms with Crippen molar-refractivity contribution in [1.82, 2.24) is 4.98 Å². The Bertz CT molecular complexity index is 913. The Morgan fingerprint density at radius 1 is 0.840 bits per heavy atom. The molecule has 1 N–H and O–H groups in total. The molecule has 122 valence electrons. The van der Waals surface area contributed by atoms with Crippen LogP contribution in [0.15, 0.2) is 79.0 Å². The molecule has 3 heteroatoms. The van der Waals surface area contributed by atoms with E-state index in [1.54, 1.807) is 24.4 Å². The summed E-state index contributed by atoms with van der Waals surface area (Å²) < 4.78 is 0. The fraction of sp³-hybridized carbons (Fsp3) is 0. The van der Waals surface area contributed by atoms with Crippen molar-refractivity contribution in [2.75, 3.05) is 0 Å². The van der Waals surface area contributed by atoms with E-state index in [1.165, 1.54) is 12.1 Å². The van der Waals surface area contributed by atoms with Crippen molar-refractivity contribution in [3.05, 3.63) is 101 Å². The molecule has 0 aliphatic heterocycles. The first-order valence-corrected chi connectivity index (χ1v) is 7.92. The van der Waals surface area contributed by atoms with Gasteiger partial charge in [0.2, 0.25) is 0 Å². The van der Waals surface area contributed by atoms with E-state index in [4.69, 9.17) is 0 Å². The predicted octanol–water partition coefficient (Wildman–Crippen LogP) is 4.85. The zero-order chi connectivity index (χ0) is 17.5. The fourth-order valence-electron chi connectivity index (χ4n) is 2.34. The molecule has 0 spiro atoms. The summed E-state index contributed by atoms with van der Waals surface area (Å²) in [6.07, 6.45) is 8.59. The minimum atomic E-state index is -0.266. The number of carbonyl (C=O) groups is 1. The highest BCUT2D eigenvalue weighted by molar-refractivity contribution is 6.08. The predicted molar refractivity (Wildman–Crippen MR) is 101 cm³/mol. The first kappa shape index (κ1) is 16.4. The van der Waals surface area contributed by atoms with Crippen LogP contribution in [-0.2, 0) is 0 Å². The second kappa shape index (κ2) is 7.88. The summed E-state index contributed by atoms with van der Waals surface area (Å²) in [5, 5.41) is 9.99. The van der Waals surface area contributed by atoms with Crippen LogP contribution in [0.3, 0.4) is 0 Å². The van der Waals surface area contributed by atoms with Gasteiger partial charge in [-0.15, -0.1) is 0 Å². The molecule has 1 aromatic heterocycles. The number of aromatic hydroxyl groups is 1. The number of rotatable bonds is 5. The second-order valence-electron chi connectivity index (χ2n) is 5.47. The third-order valence-corrected chi connectivity index (χ3v) is 3.65. The minimum absolute atomic E-state index is 0.0347. The largest absolute Gasteiger partial charge is 0.507 e. The van der Waals surface area contributed by atoms with Crippen molar-refractivity contribution in [2.24, 2.45) is 0 Å². The summed E-state index contributed by atoms with van der Waals surface area (Å²) in [7, 11) is 0. The molecule has 2 aromatic carbocycles.